The van der Waals surface area contributed by atoms with Crippen LogP contribution in [0.4, 0.5) is 0 Å². The van der Waals surface area contributed by atoms with Gasteiger partial charge in [-0.25, -0.2) is 0 Å². The van der Waals surface area contributed by atoms with Crippen molar-refractivity contribution in [3.05, 3.63) is 35.9 Å². The summed E-state index contributed by atoms with van der Waals surface area (Å²) in [5.74, 6) is 0.261. The summed E-state index contributed by atoms with van der Waals surface area (Å²) in [7, 11) is 0. The Morgan fingerprint density at radius 3 is 2.37 bits per heavy atom. The molecule has 1 aromatic carbocycles. The quantitative estimate of drug-likeness (QED) is 0.587. The lowest BCUT2D eigenvalue weighted by molar-refractivity contribution is -0.126. The van der Waals surface area contributed by atoms with Crippen molar-refractivity contribution in [1.29, 1.82) is 0 Å². The molecule has 0 radical (unpaired) electrons. The highest BCUT2D eigenvalue weighted by molar-refractivity contribution is 5.85. The number of hydrogen-bond donors (Lipinski definition) is 3. The van der Waals surface area contributed by atoms with E-state index in [1.165, 1.54) is 5.56 Å². The fourth-order valence-electron chi connectivity index (χ4n) is 3.91. The average Bonchev–Trinajstić information content (AvgIpc) is 2.65. The largest absolute Gasteiger partial charge is 0.354 e. The second-order valence-electron chi connectivity index (χ2n) is 7.61. The number of hydrogen-bond acceptors (Lipinski definition) is 3. The van der Waals surface area contributed by atoms with Crippen LogP contribution in [0, 0.1) is 5.92 Å². The molecule has 1 aliphatic carbocycles. The van der Waals surface area contributed by atoms with E-state index in [4.69, 9.17) is 5.73 Å². The predicted molar refractivity (Wildman–Crippen MR) is 119 cm³/mol. The van der Waals surface area contributed by atoms with Crippen LogP contribution in [-0.4, -0.2) is 24.0 Å². The highest BCUT2D eigenvalue weighted by Gasteiger charge is 2.31. The van der Waals surface area contributed by atoms with Gasteiger partial charge in [0.05, 0.1) is 0 Å². The topological polar surface area (TPSA) is 67.2 Å². The number of carbonyl (C=O) groups excluding carboxylic acids is 1. The molecule has 4 N–H and O–H groups in total. The van der Waals surface area contributed by atoms with Crippen LogP contribution in [0.15, 0.2) is 30.3 Å². The van der Waals surface area contributed by atoms with Gasteiger partial charge >= 0.3 is 0 Å². The lowest BCUT2D eigenvalue weighted by Gasteiger charge is -2.37. The third kappa shape index (κ3) is 7.61. The molecule has 27 heavy (non-hydrogen) atoms. The van der Waals surface area contributed by atoms with Crippen LogP contribution in [-0.2, 0) is 4.79 Å². The van der Waals surface area contributed by atoms with Gasteiger partial charge in [0.15, 0.2) is 0 Å². The summed E-state index contributed by atoms with van der Waals surface area (Å²) < 4.78 is 0. The highest BCUT2D eigenvalue weighted by atomic mass is 35.5. The smallest absolute Gasteiger partial charge is 0.223 e. The van der Waals surface area contributed by atoms with E-state index < -0.39 is 0 Å². The number of carbonyl (C=O) groups is 1. The second kappa shape index (κ2) is 12.6. The molecule has 0 aliphatic heterocycles. The first-order valence-corrected chi connectivity index (χ1v) is 9.85. The molecular weight excluding hydrogens is 381 g/mol. The fourth-order valence-corrected chi connectivity index (χ4v) is 3.91. The van der Waals surface area contributed by atoms with Crippen LogP contribution >= 0.6 is 24.8 Å². The van der Waals surface area contributed by atoms with Crippen molar-refractivity contribution in [3.63, 3.8) is 0 Å². The van der Waals surface area contributed by atoms with Gasteiger partial charge in [-0.2, -0.15) is 0 Å². The standard InChI is InChI=1S/C21H35N3O.2ClH/c1-4-21(5-2,24-16(3)17-10-7-6-8-11-17)15-23-20(25)18-12-9-13-19(22)14-18;;/h6-8,10-11,16,18-19,24H,4-5,9,12-15,22H2,1-3H3,(H,23,25);2*1H. The number of amides is 1. The van der Waals surface area contributed by atoms with E-state index in [1.807, 2.05) is 6.07 Å². The minimum atomic E-state index is -0.0816. The fraction of sp³-hybridized carbons (Fsp3) is 0.667. The molecule has 0 bridgehead atoms. The maximum atomic E-state index is 12.6. The molecule has 1 aliphatic rings. The summed E-state index contributed by atoms with van der Waals surface area (Å²) >= 11 is 0. The Kier molecular flexibility index (Phi) is 12.2. The zero-order chi connectivity index (χ0) is 18.3. The highest BCUT2D eigenvalue weighted by Crippen LogP contribution is 2.25. The summed E-state index contributed by atoms with van der Waals surface area (Å²) in [4.78, 5) is 12.6. The molecule has 6 heteroatoms. The molecule has 156 valence electrons. The Hall–Kier alpha value is -0.810. The maximum absolute atomic E-state index is 12.6. The van der Waals surface area contributed by atoms with E-state index in [1.54, 1.807) is 0 Å². The molecule has 0 aromatic heterocycles. The van der Waals surface area contributed by atoms with Crippen LogP contribution in [0.25, 0.3) is 0 Å². The van der Waals surface area contributed by atoms with Crippen molar-refractivity contribution < 1.29 is 4.79 Å². The number of nitrogens with one attached hydrogen (secondary N) is 2. The van der Waals surface area contributed by atoms with Crippen molar-refractivity contribution in [2.45, 2.75) is 76.9 Å². The summed E-state index contributed by atoms with van der Waals surface area (Å²) in [5.41, 5.74) is 7.23. The minimum Gasteiger partial charge on any atom is -0.354 e. The first-order chi connectivity index (χ1) is 12.0. The Morgan fingerprint density at radius 2 is 1.81 bits per heavy atom. The van der Waals surface area contributed by atoms with E-state index in [-0.39, 0.29) is 54.3 Å². The Morgan fingerprint density at radius 1 is 1.19 bits per heavy atom. The van der Waals surface area contributed by atoms with Gasteiger partial charge < -0.3 is 16.4 Å². The normalized spacial score (nSPS) is 20.7. The number of nitrogens with two attached hydrogens (primary N) is 1. The first kappa shape index (κ1) is 26.2. The van der Waals surface area contributed by atoms with Crippen molar-refractivity contribution in [1.82, 2.24) is 10.6 Å². The molecule has 4 nitrogen and oxygen atoms in total. The third-order valence-corrected chi connectivity index (χ3v) is 5.86. The van der Waals surface area contributed by atoms with E-state index in [9.17, 15) is 4.79 Å². The van der Waals surface area contributed by atoms with Crippen molar-refractivity contribution >= 4 is 30.7 Å². The van der Waals surface area contributed by atoms with Gasteiger partial charge in [-0.3, -0.25) is 4.79 Å². The van der Waals surface area contributed by atoms with E-state index in [2.05, 4.69) is 55.7 Å². The predicted octanol–water partition coefficient (Wildman–Crippen LogP) is 4.37. The van der Waals surface area contributed by atoms with Gasteiger partial charge in [0, 0.05) is 30.1 Å². The van der Waals surface area contributed by atoms with E-state index >= 15 is 0 Å². The number of benzene rings is 1. The number of halogens is 2. The molecular formula is C21H37Cl2N3O. The van der Waals surface area contributed by atoms with Gasteiger partial charge in [0.1, 0.15) is 0 Å². The van der Waals surface area contributed by atoms with Crippen molar-refractivity contribution in [2.24, 2.45) is 11.7 Å². The maximum Gasteiger partial charge on any atom is 0.223 e. The molecule has 3 atom stereocenters. The average molecular weight is 418 g/mol. The third-order valence-electron chi connectivity index (χ3n) is 5.86. The van der Waals surface area contributed by atoms with Crippen molar-refractivity contribution in [3.8, 4) is 0 Å². The van der Waals surface area contributed by atoms with Crippen LogP contribution in [0.2, 0.25) is 0 Å². The van der Waals surface area contributed by atoms with Crippen LogP contribution in [0.5, 0.6) is 0 Å². The van der Waals surface area contributed by atoms with Gasteiger partial charge in [-0.05, 0) is 44.6 Å². The summed E-state index contributed by atoms with van der Waals surface area (Å²) in [6.45, 7) is 7.24. The Balaban J connectivity index is 0.00000338. The SMILES string of the molecule is CCC(CC)(CNC(=O)C1CCCC(N)C1)NC(C)c1ccccc1.Cl.Cl. The minimum absolute atomic E-state index is 0. The molecule has 1 fully saturated rings. The van der Waals surface area contributed by atoms with Crippen LogP contribution in [0.3, 0.4) is 0 Å². The van der Waals surface area contributed by atoms with Gasteiger partial charge in [0.2, 0.25) is 5.91 Å². The number of rotatable bonds is 8. The van der Waals surface area contributed by atoms with Crippen LogP contribution in [0.1, 0.15) is 70.9 Å². The Labute approximate surface area is 177 Å². The summed E-state index contributed by atoms with van der Waals surface area (Å²) in [5, 5.41) is 6.99. The first-order valence-electron chi connectivity index (χ1n) is 9.85. The lowest BCUT2D eigenvalue weighted by Crippen LogP contribution is -2.54. The second-order valence-corrected chi connectivity index (χ2v) is 7.61. The molecule has 3 unspecified atom stereocenters. The summed E-state index contributed by atoms with van der Waals surface area (Å²) in [6, 6.07) is 10.9. The van der Waals surface area contributed by atoms with Gasteiger partial charge in [-0.15, -0.1) is 24.8 Å². The van der Waals surface area contributed by atoms with E-state index in [0.29, 0.717) is 6.54 Å². The monoisotopic (exact) mass is 417 g/mol. The Bertz CT molecular complexity index is 537. The zero-order valence-corrected chi connectivity index (χ0v) is 18.5. The zero-order valence-electron chi connectivity index (χ0n) is 16.9. The molecule has 2 rings (SSSR count). The molecule has 1 amide bonds. The van der Waals surface area contributed by atoms with Gasteiger partial charge in [0.25, 0.3) is 0 Å². The summed E-state index contributed by atoms with van der Waals surface area (Å²) in [6.07, 6.45) is 5.86. The molecule has 1 aromatic rings. The van der Waals surface area contributed by atoms with E-state index in [0.717, 1.165) is 38.5 Å². The van der Waals surface area contributed by atoms with Gasteiger partial charge in [-0.1, -0.05) is 50.6 Å². The lowest BCUT2D eigenvalue weighted by atomic mass is 9.85. The van der Waals surface area contributed by atoms with Crippen molar-refractivity contribution in [2.75, 3.05) is 6.54 Å². The molecule has 1 saturated carbocycles. The molecule has 0 spiro atoms. The molecule has 0 heterocycles. The van der Waals surface area contributed by atoms with Crippen LogP contribution < -0.4 is 16.4 Å². The molecule has 0 saturated heterocycles.